The van der Waals surface area contributed by atoms with Crippen LogP contribution in [0.5, 0.6) is 0 Å². The van der Waals surface area contributed by atoms with Gasteiger partial charge < -0.3 is 16.0 Å². The normalized spacial score (nSPS) is 12.6. The molecular formula is C25H30N6O3. The number of carbonyl (C=O) groups excluding carboxylic acids is 3. The fourth-order valence-electron chi connectivity index (χ4n) is 3.75. The number of benzene rings is 2. The van der Waals surface area contributed by atoms with Gasteiger partial charge in [-0.05, 0) is 49.2 Å². The highest BCUT2D eigenvalue weighted by Crippen LogP contribution is 2.29. The number of fused-ring (bicyclic) bond motifs is 1. The molecule has 0 unspecified atom stereocenters. The maximum Gasteiger partial charge on any atom is 0.265 e. The fourth-order valence-corrected chi connectivity index (χ4v) is 3.75. The van der Waals surface area contributed by atoms with Gasteiger partial charge in [-0.3, -0.25) is 19.8 Å². The van der Waals surface area contributed by atoms with Crippen molar-refractivity contribution in [3.63, 3.8) is 0 Å². The maximum absolute atomic E-state index is 13.1. The molecule has 1 aliphatic rings. The average molecular weight is 463 g/mol. The van der Waals surface area contributed by atoms with E-state index in [1.807, 2.05) is 18.7 Å². The summed E-state index contributed by atoms with van der Waals surface area (Å²) in [6.45, 7) is 5.44. The molecule has 0 fully saturated rings. The lowest BCUT2D eigenvalue weighted by Gasteiger charge is -2.22. The number of nitrogens with two attached hydrogens (primary N) is 2. The van der Waals surface area contributed by atoms with Crippen molar-refractivity contribution in [2.45, 2.75) is 33.1 Å². The second kappa shape index (κ2) is 11.2. The zero-order valence-electron chi connectivity index (χ0n) is 19.4. The highest BCUT2D eigenvalue weighted by Gasteiger charge is 2.21. The summed E-state index contributed by atoms with van der Waals surface area (Å²) >= 11 is 0. The summed E-state index contributed by atoms with van der Waals surface area (Å²) in [4.78, 5) is 44.0. The van der Waals surface area contributed by atoms with E-state index in [0.29, 0.717) is 47.0 Å². The number of anilines is 1. The van der Waals surface area contributed by atoms with Gasteiger partial charge in [0.2, 0.25) is 5.91 Å². The topological polar surface area (TPSA) is 143 Å². The Hall–Kier alpha value is -3.98. The van der Waals surface area contributed by atoms with E-state index in [1.165, 1.54) is 6.07 Å². The summed E-state index contributed by atoms with van der Waals surface area (Å²) in [5.74, 6) is 4.61. The average Bonchev–Trinajstić information content (AvgIpc) is 3.00. The largest absolute Gasteiger partial charge is 0.387 e. The van der Waals surface area contributed by atoms with E-state index in [4.69, 9.17) is 11.6 Å². The van der Waals surface area contributed by atoms with Crippen LogP contribution in [-0.4, -0.2) is 41.5 Å². The molecule has 0 saturated carbocycles. The highest BCUT2D eigenvalue weighted by molar-refractivity contribution is 6.08. The molecule has 0 aromatic heterocycles. The van der Waals surface area contributed by atoms with Crippen molar-refractivity contribution in [2.75, 3.05) is 18.4 Å². The molecule has 0 bridgehead atoms. The second-order valence-electron chi connectivity index (χ2n) is 8.02. The first kappa shape index (κ1) is 24.7. The summed E-state index contributed by atoms with van der Waals surface area (Å²) in [7, 11) is 0. The molecule has 1 heterocycles. The Morgan fingerprint density at radius 3 is 2.38 bits per heavy atom. The van der Waals surface area contributed by atoms with Gasteiger partial charge in [0, 0.05) is 47.5 Å². The van der Waals surface area contributed by atoms with Crippen LogP contribution in [0.2, 0.25) is 0 Å². The van der Waals surface area contributed by atoms with Crippen LogP contribution >= 0.6 is 0 Å². The van der Waals surface area contributed by atoms with Crippen LogP contribution in [0.4, 0.5) is 11.4 Å². The third-order valence-corrected chi connectivity index (χ3v) is 5.32. The number of hydrogen-bond acceptors (Lipinski definition) is 6. The standard InChI is InChI=1S/C25H30N6O3/c1-3-10-31(11-4-2)25(34)19-12-16-8-9-18(14-21(16)29-22(26)15-19)23(32)28-20-7-5-6-17(13-20)24(33)30-27/h5-9,12-14H,3-4,10-11,15,27H2,1-2H3,(H2,26,29)(H,28,32)(H,30,33). The Morgan fingerprint density at radius 1 is 1.00 bits per heavy atom. The van der Waals surface area contributed by atoms with E-state index >= 15 is 0 Å². The summed E-state index contributed by atoms with van der Waals surface area (Å²) in [6.07, 6.45) is 3.79. The molecule has 3 rings (SSSR count). The number of nitrogens with one attached hydrogen (secondary N) is 2. The van der Waals surface area contributed by atoms with E-state index in [0.717, 1.165) is 18.4 Å². The lowest BCUT2D eigenvalue weighted by Crippen LogP contribution is -2.34. The Kier molecular flexibility index (Phi) is 8.15. The summed E-state index contributed by atoms with van der Waals surface area (Å²) in [6, 6.07) is 11.5. The molecule has 9 heteroatoms. The number of carbonyl (C=O) groups is 3. The van der Waals surface area contributed by atoms with Gasteiger partial charge in [0.25, 0.3) is 11.8 Å². The number of amidine groups is 1. The first-order valence-corrected chi connectivity index (χ1v) is 11.3. The predicted molar refractivity (Wildman–Crippen MR) is 134 cm³/mol. The van der Waals surface area contributed by atoms with Gasteiger partial charge in [-0.25, -0.2) is 10.8 Å². The maximum atomic E-state index is 13.1. The van der Waals surface area contributed by atoms with E-state index in [9.17, 15) is 14.4 Å². The molecule has 0 spiro atoms. The molecule has 0 atom stereocenters. The molecule has 3 amide bonds. The van der Waals surface area contributed by atoms with E-state index in [-0.39, 0.29) is 18.2 Å². The number of amides is 3. The van der Waals surface area contributed by atoms with Crippen molar-refractivity contribution in [1.29, 1.82) is 0 Å². The quantitative estimate of drug-likeness (QED) is 0.271. The number of nitrogens with zero attached hydrogens (tertiary/aromatic N) is 2. The third-order valence-electron chi connectivity index (χ3n) is 5.32. The number of hydrazine groups is 1. The van der Waals surface area contributed by atoms with Crippen LogP contribution in [-0.2, 0) is 4.79 Å². The Balaban J connectivity index is 1.85. The van der Waals surface area contributed by atoms with E-state index in [2.05, 4.69) is 15.7 Å². The van der Waals surface area contributed by atoms with Crippen LogP contribution < -0.4 is 22.3 Å². The summed E-state index contributed by atoms with van der Waals surface area (Å²) in [5.41, 5.74) is 11.1. The molecule has 34 heavy (non-hydrogen) atoms. The smallest absolute Gasteiger partial charge is 0.265 e. The lowest BCUT2D eigenvalue weighted by atomic mass is 10.0. The fraction of sp³-hybridized carbons (Fsp3) is 0.280. The SMILES string of the molecule is CCCN(CCC)C(=O)C1=Cc2ccc(C(=O)Nc3cccc(C(=O)NN)c3)cc2N=C(N)C1. The van der Waals surface area contributed by atoms with Gasteiger partial charge in [0.05, 0.1) is 5.69 Å². The molecule has 0 saturated heterocycles. The van der Waals surface area contributed by atoms with Crippen LogP contribution in [0.25, 0.3) is 6.08 Å². The predicted octanol–water partition coefficient (Wildman–Crippen LogP) is 2.97. The van der Waals surface area contributed by atoms with Crippen molar-refractivity contribution < 1.29 is 14.4 Å². The lowest BCUT2D eigenvalue weighted by molar-refractivity contribution is -0.127. The second-order valence-corrected chi connectivity index (χ2v) is 8.02. The molecule has 6 N–H and O–H groups in total. The van der Waals surface area contributed by atoms with Gasteiger partial charge in [-0.2, -0.15) is 0 Å². The van der Waals surface area contributed by atoms with Crippen LogP contribution in [0.1, 0.15) is 59.4 Å². The zero-order chi connectivity index (χ0) is 24.7. The molecular weight excluding hydrogens is 432 g/mol. The monoisotopic (exact) mass is 462 g/mol. The van der Waals surface area contributed by atoms with Crippen LogP contribution in [0.3, 0.4) is 0 Å². The van der Waals surface area contributed by atoms with Gasteiger partial charge in [-0.15, -0.1) is 0 Å². The Bertz CT molecular complexity index is 1150. The molecule has 1 aliphatic heterocycles. The number of rotatable bonds is 8. The highest BCUT2D eigenvalue weighted by atomic mass is 16.2. The van der Waals surface area contributed by atoms with Gasteiger partial charge in [-0.1, -0.05) is 26.0 Å². The first-order valence-electron chi connectivity index (χ1n) is 11.3. The first-order chi connectivity index (χ1) is 16.4. The van der Waals surface area contributed by atoms with Gasteiger partial charge >= 0.3 is 0 Å². The summed E-state index contributed by atoms with van der Waals surface area (Å²) < 4.78 is 0. The Morgan fingerprint density at radius 2 is 1.71 bits per heavy atom. The van der Waals surface area contributed by atoms with E-state index < -0.39 is 5.91 Å². The third kappa shape index (κ3) is 5.87. The molecule has 178 valence electrons. The Labute approximate surface area is 198 Å². The van der Waals surface area contributed by atoms with Crippen molar-refractivity contribution in [1.82, 2.24) is 10.3 Å². The van der Waals surface area contributed by atoms with Crippen molar-refractivity contribution >= 4 is 41.0 Å². The molecule has 0 radical (unpaired) electrons. The minimum atomic E-state index is -0.459. The minimum Gasteiger partial charge on any atom is -0.387 e. The van der Waals surface area contributed by atoms with Crippen molar-refractivity contribution in [3.05, 3.63) is 64.7 Å². The van der Waals surface area contributed by atoms with E-state index in [1.54, 1.807) is 42.5 Å². The van der Waals surface area contributed by atoms with Gasteiger partial charge in [0.15, 0.2) is 0 Å². The zero-order valence-corrected chi connectivity index (χ0v) is 19.4. The van der Waals surface area contributed by atoms with Crippen molar-refractivity contribution in [3.8, 4) is 0 Å². The molecule has 2 aromatic rings. The van der Waals surface area contributed by atoms with Crippen LogP contribution in [0.15, 0.2) is 53.0 Å². The number of nitrogen functional groups attached to an aromatic ring is 1. The number of aliphatic imine (C=N–C) groups is 1. The molecule has 2 aromatic carbocycles. The van der Waals surface area contributed by atoms with Crippen molar-refractivity contribution in [2.24, 2.45) is 16.6 Å². The molecule has 0 aliphatic carbocycles. The van der Waals surface area contributed by atoms with Crippen LogP contribution in [0, 0.1) is 0 Å². The van der Waals surface area contributed by atoms with Gasteiger partial charge in [0.1, 0.15) is 5.84 Å². The molecule has 9 nitrogen and oxygen atoms in total. The number of hydrogen-bond donors (Lipinski definition) is 4. The summed E-state index contributed by atoms with van der Waals surface area (Å²) in [5, 5.41) is 2.77. The minimum absolute atomic E-state index is 0.0436.